The molecular weight excluding hydrogens is 1450 g/mol. The van der Waals surface area contributed by atoms with E-state index in [0.29, 0.717) is 97.3 Å². The maximum Gasteiger partial charge on any atom is 2.00 e. The molecule has 0 aliphatic carbocycles. The molecule has 0 radical (unpaired) electrons. The third-order valence-corrected chi connectivity index (χ3v) is 19.6. The topological polar surface area (TPSA) is 275 Å². The Morgan fingerprint density at radius 1 is 0.296 bits per heavy atom. The number of rotatable bonds is 7. The van der Waals surface area contributed by atoms with Crippen LogP contribution in [0.1, 0.15) is 5.56 Å². The van der Waals surface area contributed by atoms with Crippen molar-refractivity contribution in [1.82, 2.24) is 79.7 Å². The molecule has 10 heterocycles. The molecule has 0 saturated carbocycles. The predicted molar refractivity (Wildman–Crippen MR) is 408 cm³/mol. The van der Waals surface area contributed by atoms with Crippen LogP contribution in [-0.4, -0.2) is 70.9 Å². The minimum Gasteiger partial charge on any atom is -0.477 e. The number of hydrogen-bond acceptors (Lipinski definition) is 15. The average molecular weight is 1490 g/mol. The van der Waals surface area contributed by atoms with Crippen molar-refractivity contribution < 1.29 is 48.9 Å². The normalized spacial score (nSPS) is 11.9. The minimum atomic E-state index is -1.31. The second-order valence-corrected chi connectivity index (χ2v) is 25.8. The van der Waals surface area contributed by atoms with Gasteiger partial charge in [-0.25, -0.2) is 24.7 Å². The van der Waals surface area contributed by atoms with E-state index >= 15 is 0 Å². The number of carboxylic acid groups (broad SMARTS) is 1. The molecule has 11 aromatic carbocycles. The monoisotopic (exact) mass is 1490 g/mol. The molecular formula is C86H44N18O2Zn2. The number of hydrogen-bond donors (Lipinski definition) is 1. The number of nitriles is 1. The number of carboxylic acids is 1. The van der Waals surface area contributed by atoms with Gasteiger partial charge in [0.25, 0.3) is 0 Å². The van der Waals surface area contributed by atoms with Gasteiger partial charge in [0, 0.05) is 107 Å². The van der Waals surface area contributed by atoms with Gasteiger partial charge in [-0.1, -0.05) is 206 Å². The van der Waals surface area contributed by atoms with Crippen LogP contribution in [0.3, 0.4) is 0 Å². The zero-order valence-electron chi connectivity index (χ0n) is 56.6. The molecule has 22 heteroatoms. The first-order chi connectivity index (χ1) is 52.2. The van der Waals surface area contributed by atoms with E-state index in [2.05, 4.69) is 77.7 Å². The molecule has 494 valence electrons. The summed E-state index contributed by atoms with van der Waals surface area (Å²) in [5.74, 6) is 2.37. The molecule has 17 aromatic rings. The zero-order valence-corrected chi connectivity index (χ0v) is 62.6. The van der Waals surface area contributed by atoms with Gasteiger partial charge >= 0.3 is 44.9 Å². The van der Waals surface area contributed by atoms with E-state index in [0.717, 1.165) is 127 Å². The van der Waals surface area contributed by atoms with Crippen LogP contribution in [0.15, 0.2) is 260 Å². The van der Waals surface area contributed by atoms with Crippen LogP contribution >= 0.6 is 0 Å². The summed E-state index contributed by atoms with van der Waals surface area (Å²) in [4.78, 5) is 96.0. The molecule has 4 aliphatic rings. The van der Waals surface area contributed by atoms with Gasteiger partial charge < -0.3 is 69.8 Å². The van der Waals surface area contributed by atoms with Crippen molar-refractivity contribution in [3.8, 4) is 119 Å². The summed E-state index contributed by atoms with van der Waals surface area (Å²) in [6, 6.07) is 85.5. The number of anilines is 3. The van der Waals surface area contributed by atoms with Gasteiger partial charge in [-0.15, -0.1) is 0 Å². The Labute approximate surface area is 637 Å². The summed E-state index contributed by atoms with van der Waals surface area (Å²) in [6.07, 6.45) is 1.36. The van der Waals surface area contributed by atoms with Gasteiger partial charge in [0.15, 0.2) is 0 Å². The van der Waals surface area contributed by atoms with Gasteiger partial charge in [-0.05, 0) is 126 Å². The molecule has 0 atom stereocenters. The average Bonchev–Trinajstić information content (AvgIpc) is 1.61. The zero-order chi connectivity index (χ0) is 70.3. The van der Waals surface area contributed by atoms with Crippen molar-refractivity contribution >= 4 is 117 Å². The first-order valence-electron chi connectivity index (χ1n) is 34.0. The molecule has 1 N–H and O–H groups in total. The smallest absolute Gasteiger partial charge is 0.477 e. The number of fused-ring (bicyclic) bond motifs is 40. The van der Waals surface area contributed by atoms with Crippen molar-refractivity contribution in [2.75, 3.05) is 4.90 Å². The van der Waals surface area contributed by atoms with Crippen LogP contribution in [0, 0.1) is 11.3 Å². The Balaban J connectivity index is 0.00000397. The molecule has 108 heavy (non-hydrogen) atoms. The molecule has 4 aliphatic heterocycles. The standard InChI is InChI=1S/C86H45N18O2.2Zn/c87-44-50(86(105)106)41-45-25-33-51(34-26-45)104(52-35-27-46(28-36-52)48-31-39-66-68(42-48)84-100-80-64-23-11-9-21-62(64)76(96-80)92-72-56-15-3-1-13-54(56)70(88-72)90-74-58-17-5-7-19-60(58)78(94-74)98-82(66)102-84)53-37-29-47(30-38-53)49-32-40-67-69(43-49)85-101-81-65-24-12-10-22-63(65)77(97-81)93-73-57-16-4-2-14-55(57)71(89-73)91-75-59-18-6-8-20-61(59)79(95-75)99-83(67)103-85;;/h1-43H,(H2-3,88,89,90,91,92,93,94,95,96,97,98,99,100,101,102,103,105,106);;/q-3;2*+2/p-1/b50-41+;;. The van der Waals surface area contributed by atoms with E-state index < -0.39 is 5.97 Å². The van der Waals surface area contributed by atoms with Crippen molar-refractivity contribution in [3.05, 3.63) is 266 Å². The summed E-state index contributed by atoms with van der Waals surface area (Å²) >= 11 is 0. The first kappa shape index (κ1) is 64.7. The van der Waals surface area contributed by atoms with Crippen LogP contribution < -0.4 is 24.8 Å². The summed E-state index contributed by atoms with van der Waals surface area (Å²) in [7, 11) is 0. The Hall–Kier alpha value is -14.1. The van der Waals surface area contributed by atoms with Crippen LogP contribution in [0.25, 0.3) is 208 Å². The fraction of sp³-hybridized carbons (Fsp3) is 0. The molecule has 16 bridgehead atoms. The molecule has 0 unspecified atom stereocenters. The van der Waals surface area contributed by atoms with Gasteiger partial charge in [0.2, 0.25) is 0 Å². The van der Waals surface area contributed by atoms with Crippen LogP contribution in [0.4, 0.5) is 17.1 Å². The molecule has 6 aromatic heterocycles. The molecule has 20 nitrogen and oxygen atoms in total. The SMILES string of the molecule is N#C/C(=C\c1ccc(N(c2ccc(-c3ccc4c(c3)-c3nc-4nc4[n-]c(nc5nc(nc6[n-]c(n3)c3ccccc63)-c3ccccc3-5)c3ccccc43)cc2)c2ccc(-c3ccc4c(c3)-c3nc-4nc4[n-]c(nc5nc(nc6[n-]c(n3)c3ccccc63)-c3ccccc3-5)c3ccccc43)cc2)cc1)C(=O)O.[Zn+2].[Zn+2]. The summed E-state index contributed by atoms with van der Waals surface area (Å²) in [5, 5.41) is 25.9. The Bertz CT molecular complexity index is 6770. The third kappa shape index (κ3) is 10.7. The minimum absolute atomic E-state index is 0. The maximum absolute atomic E-state index is 12.0. The fourth-order valence-corrected chi connectivity index (χ4v) is 14.5. The van der Waals surface area contributed by atoms with Gasteiger partial charge in [0.1, 0.15) is 11.6 Å². The van der Waals surface area contributed by atoms with Gasteiger partial charge in [-0.2, -0.15) is 5.26 Å². The van der Waals surface area contributed by atoms with E-state index in [1.165, 1.54) is 6.08 Å². The summed E-state index contributed by atoms with van der Waals surface area (Å²) in [5.41, 5.74) is 16.3. The number of nitrogens with zero attached hydrogens (tertiary/aromatic N) is 18. The Morgan fingerprint density at radius 3 is 0.787 bits per heavy atom. The van der Waals surface area contributed by atoms with E-state index in [9.17, 15) is 15.2 Å². The number of aliphatic carboxylic acids is 1. The molecule has 0 spiro atoms. The maximum atomic E-state index is 12.0. The van der Waals surface area contributed by atoms with Gasteiger partial charge in [-0.3, -0.25) is 0 Å². The quantitative estimate of drug-likeness (QED) is 0.0882. The molecule has 0 saturated heterocycles. The van der Waals surface area contributed by atoms with Crippen LogP contribution in [0.5, 0.6) is 0 Å². The predicted octanol–water partition coefficient (Wildman–Crippen LogP) is 17.4. The number of carbonyl (C=O) groups is 1. The van der Waals surface area contributed by atoms with Crippen LogP contribution in [0.2, 0.25) is 0 Å². The Kier molecular flexibility index (Phi) is 15.4. The van der Waals surface area contributed by atoms with Crippen molar-refractivity contribution in [2.24, 2.45) is 0 Å². The molecule has 21 rings (SSSR count). The fourth-order valence-electron chi connectivity index (χ4n) is 14.5. The first-order valence-corrected chi connectivity index (χ1v) is 34.0. The summed E-state index contributed by atoms with van der Waals surface area (Å²) in [6.45, 7) is 0. The third-order valence-electron chi connectivity index (χ3n) is 19.6. The van der Waals surface area contributed by atoms with Gasteiger partial charge in [0.05, 0.1) is 46.6 Å². The van der Waals surface area contributed by atoms with Crippen molar-refractivity contribution in [3.63, 3.8) is 0 Å². The van der Waals surface area contributed by atoms with E-state index in [-0.39, 0.29) is 44.5 Å². The van der Waals surface area contributed by atoms with Crippen LogP contribution in [-0.2, 0) is 43.8 Å². The van der Waals surface area contributed by atoms with Crippen molar-refractivity contribution in [1.29, 1.82) is 5.26 Å². The van der Waals surface area contributed by atoms with Crippen molar-refractivity contribution in [2.45, 2.75) is 0 Å². The number of benzene rings is 11. The largest absolute Gasteiger partial charge is 2.00 e. The molecule has 0 fully saturated rings. The van der Waals surface area contributed by atoms with E-state index in [4.69, 9.17) is 79.7 Å². The van der Waals surface area contributed by atoms with E-state index in [1.54, 1.807) is 18.2 Å². The molecule has 0 amide bonds. The Morgan fingerprint density at radius 2 is 0.528 bits per heavy atom. The van der Waals surface area contributed by atoms with E-state index in [1.807, 2.05) is 170 Å². The second-order valence-electron chi connectivity index (χ2n) is 25.8. The number of aromatic nitrogens is 16. The second kappa shape index (κ2) is 25.6. The summed E-state index contributed by atoms with van der Waals surface area (Å²) < 4.78 is 0.